The van der Waals surface area contributed by atoms with E-state index in [2.05, 4.69) is 5.10 Å². The minimum absolute atomic E-state index is 0.0212. The van der Waals surface area contributed by atoms with Crippen LogP contribution in [0.3, 0.4) is 0 Å². The highest BCUT2D eigenvalue weighted by Crippen LogP contribution is 2.43. The van der Waals surface area contributed by atoms with Crippen LogP contribution in [-0.4, -0.2) is 69.3 Å². The topological polar surface area (TPSA) is 100.0 Å². The number of hydrogen-bond donors (Lipinski definition) is 0. The highest BCUT2D eigenvalue weighted by molar-refractivity contribution is 7.90. The minimum atomic E-state index is -3.09. The van der Waals surface area contributed by atoms with E-state index in [4.69, 9.17) is 14.2 Å². The molecule has 34 heavy (non-hydrogen) atoms. The van der Waals surface area contributed by atoms with Crippen molar-refractivity contribution < 1.29 is 27.4 Å². The molecule has 186 valence electrons. The minimum Gasteiger partial charge on any atom is -0.492 e. The summed E-state index contributed by atoms with van der Waals surface area (Å²) in [5.41, 5.74) is 3.52. The number of nitrogens with zero attached hydrogens (tertiary/aromatic N) is 3. The molecule has 2 aliphatic rings. The van der Waals surface area contributed by atoms with Gasteiger partial charge in [0.05, 0.1) is 37.9 Å². The number of aromatic nitrogens is 2. The molecule has 1 amide bonds. The lowest BCUT2D eigenvalue weighted by molar-refractivity contribution is 0.0497. The molecule has 0 unspecified atom stereocenters. The van der Waals surface area contributed by atoms with Crippen LogP contribution in [0.4, 0.5) is 10.5 Å². The summed E-state index contributed by atoms with van der Waals surface area (Å²) in [5, 5.41) is 4.36. The van der Waals surface area contributed by atoms with Gasteiger partial charge in [-0.15, -0.1) is 0 Å². The molecule has 0 bridgehead atoms. The number of carbonyl (C=O) groups excluding carboxylic acids is 1. The molecule has 2 aliphatic heterocycles. The van der Waals surface area contributed by atoms with Crippen molar-refractivity contribution in [1.29, 1.82) is 0 Å². The Morgan fingerprint density at radius 3 is 2.71 bits per heavy atom. The molecular weight excluding hydrogens is 458 g/mol. The van der Waals surface area contributed by atoms with Gasteiger partial charge in [0.25, 0.3) is 0 Å². The molecule has 0 spiro atoms. The summed E-state index contributed by atoms with van der Waals surface area (Å²) in [6, 6.07) is 3.91. The summed E-state index contributed by atoms with van der Waals surface area (Å²) in [6.07, 6.45) is 7.91. The summed E-state index contributed by atoms with van der Waals surface area (Å²) in [5.74, 6) is 1.19. The van der Waals surface area contributed by atoms with Gasteiger partial charge in [0.1, 0.15) is 15.6 Å². The fourth-order valence-electron chi connectivity index (χ4n) is 4.57. The monoisotopic (exact) mass is 491 g/mol. The normalized spacial score (nSPS) is 19.0. The van der Waals surface area contributed by atoms with Crippen molar-refractivity contribution in [3.63, 3.8) is 0 Å². The molecule has 0 saturated carbocycles. The van der Waals surface area contributed by atoms with Crippen molar-refractivity contribution in [3.05, 3.63) is 30.1 Å². The largest absolute Gasteiger partial charge is 0.492 e. The van der Waals surface area contributed by atoms with Gasteiger partial charge in [0.15, 0.2) is 0 Å². The second kappa shape index (κ2) is 10.4. The van der Waals surface area contributed by atoms with E-state index in [1.807, 2.05) is 25.3 Å². The third kappa shape index (κ3) is 5.55. The second-order valence-corrected chi connectivity index (χ2v) is 11.4. The van der Waals surface area contributed by atoms with Crippen molar-refractivity contribution >= 4 is 21.6 Å². The van der Waals surface area contributed by atoms with Gasteiger partial charge in [0, 0.05) is 48.4 Å². The first kappa shape index (κ1) is 24.5. The number of sulfone groups is 1. The first-order chi connectivity index (χ1) is 16.3. The lowest BCUT2D eigenvalue weighted by Gasteiger charge is -2.35. The highest BCUT2D eigenvalue weighted by atomic mass is 32.2. The molecule has 0 radical (unpaired) electrons. The maximum atomic E-state index is 12.6. The Morgan fingerprint density at radius 1 is 1.24 bits per heavy atom. The molecule has 1 aromatic heterocycles. The molecule has 1 fully saturated rings. The van der Waals surface area contributed by atoms with E-state index in [1.165, 1.54) is 13.4 Å². The number of rotatable bonds is 7. The van der Waals surface area contributed by atoms with E-state index in [1.54, 1.807) is 15.8 Å². The fraction of sp³-hybridized carbons (Fsp3) is 0.583. The second-order valence-electron chi connectivity index (χ2n) is 9.16. The average molecular weight is 492 g/mol. The fourth-order valence-corrected chi connectivity index (χ4v) is 5.09. The Hall–Kier alpha value is -2.59. The summed E-state index contributed by atoms with van der Waals surface area (Å²) < 4.78 is 41.8. The van der Waals surface area contributed by atoms with Crippen LogP contribution >= 0.6 is 0 Å². The van der Waals surface area contributed by atoms with Gasteiger partial charge in [-0.05, 0) is 50.7 Å². The lowest BCUT2D eigenvalue weighted by Crippen LogP contribution is -2.42. The Morgan fingerprint density at radius 2 is 2.00 bits per heavy atom. The number of amides is 1. The predicted octanol–water partition coefficient (Wildman–Crippen LogP) is 3.31. The van der Waals surface area contributed by atoms with Crippen molar-refractivity contribution in [2.45, 2.75) is 45.2 Å². The van der Waals surface area contributed by atoms with Crippen LogP contribution in [0.15, 0.2) is 24.5 Å². The van der Waals surface area contributed by atoms with E-state index in [-0.39, 0.29) is 24.4 Å². The third-order valence-corrected chi connectivity index (χ3v) is 7.48. The van der Waals surface area contributed by atoms with Crippen LogP contribution in [0, 0.1) is 5.92 Å². The van der Waals surface area contributed by atoms with E-state index >= 15 is 0 Å². The maximum absolute atomic E-state index is 12.6. The first-order valence-corrected chi connectivity index (χ1v) is 13.8. The molecule has 1 atom stereocenters. The van der Waals surface area contributed by atoms with Crippen LogP contribution in [-0.2, 0) is 32.3 Å². The van der Waals surface area contributed by atoms with E-state index < -0.39 is 9.84 Å². The van der Waals surface area contributed by atoms with Gasteiger partial charge in [-0.25, -0.2) is 13.2 Å². The molecule has 1 aromatic carbocycles. The van der Waals surface area contributed by atoms with Gasteiger partial charge in [-0.2, -0.15) is 5.10 Å². The summed E-state index contributed by atoms with van der Waals surface area (Å²) in [6.45, 7) is 4.36. The van der Waals surface area contributed by atoms with E-state index in [9.17, 15) is 13.2 Å². The number of ether oxygens (including phenoxy) is 3. The summed E-state index contributed by atoms with van der Waals surface area (Å²) >= 11 is 0. The van der Waals surface area contributed by atoms with E-state index in [0.717, 1.165) is 67.0 Å². The third-order valence-electron chi connectivity index (χ3n) is 6.56. The molecule has 4 rings (SSSR count). The summed E-state index contributed by atoms with van der Waals surface area (Å²) in [4.78, 5) is 14.2. The van der Waals surface area contributed by atoms with Gasteiger partial charge in [0.2, 0.25) is 0 Å². The quantitative estimate of drug-likeness (QED) is 0.586. The zero-order chi connectivity index (χ0) is 24.3. The van der Waals surface area contributed by atoms with Gasteiger partial charge >= 0.3 is 6.09 Å². The molecule has 9 nitrogen and oxygen atoms in total. The molecule has 1 saturated heterocycles. The Bertz CT molecular complexity index is 1120. The zero-order valence-corrected chi connectivity index (χ0v) is 20.8. The molecule has 2 aromatic rings. The van der Waals surface area contributed by atoms with E-state index in [0.29, 0.717) is 12.5 Å². The molecule has 0 N–H and O–H groups in total. The van der Waals surface area contributed by atoms with Crippen LogP contribution in [0.25, 0.3) is 11.1 Å². The number of carbonyl (C=O) groups is 1. The van der Waals surface area contributed by atoms with Gasteiger partial charge < -0.3 is 14.2 Å². The molecule has 3 heterocycles. The number of hydrogen-bond acceptors (Lipinski definition) is 7. The lowest BCUT2D eigenvalue weighted by atomic mass is 9.92. The van der Waals surface area contributed by atoms with Crippen LogP contribution < -0.4 is 9.64 Å². The Kier molecular flexibility index (Phi) is 7.47. The SMILES string of the molecule is COC(=O)N1c2ccc(-c3cnn(CCS(C)(=O)=O)c3)c(OCC3CCOCC3)c2CC[C@@H]1C. The molecular formula is C24H33N3O6S. The number of anilines is 1. The standard InChI is InChI=1S/C24H33N3O6S/c1-17-4-5-21-22(27(17)24(28)31-2)7-6-20(23(21)33-16-18-8-11-32-12-9-18)19-14-25-26(15-19)10-13-34(3,29)30/h6-7,14-15,17-18H,4-5,8-13,16H2,1-3H3/t17-/m0/s1. The van der Waals surface area contributed by atoms with Crippen LogP contribution in [0.5, 0.6) is 5.75 Å². The first-order valence-electron chi connectivity index (χ1n) is 11.7. The van der Waals surface area contributed by atoms with Crippen molar-refractivity contribution in [2.24, 2.45) is 5.92 Å². The van der Waals surface area contributed by atoms with Crippen molar-refractivity contribution in [3.8, 4) is 16.9 Å². The van der Waals surface area contributed by atoms with Crippen LogP contribution in [0.1, 0.15) is 31.7 Å². The number of benzene rings is 1. The van der Waals surface area contributed by atoms with Crippen LogP contribution in [0.2, 0.25) is 0 Å². The number of methoxy groups -OCH3 is 1. The van der Waals surface area contributed by atoms with Crippen molar-refractivity contribution in [1.82, 2.24) is 9.78 Å². The Labute approximate surface area is 200 Å². The Balaban J connectivity index is 1.69. The molecule has 0 aliphatic carbocycles. The maximum Gasteiger partial charge on any atom is 0.414 e. The molecule has 10 heteroatoms. The highest BCUT2D eigenvalue weighted by Gasteiger charge is 2.32. The zero-order valence-electron chi connectivity index (χ0n) is 20.0. The number of aryl methyl sites for hydroxylation is 1. The number of fused-ring (bicyclic) bond motifs is 1. The van der Waals surface area contributed by atoms with Crippen molar-refractivity contribution in [2.75, 3.05) is 43.8 Å². The van der Waals surface area contributed by atoms with Gasteiger partial charge in [-0.1, -0.05) is 0 Å². The average Bonchev–Trinajstić information content (AvgIpc) is 3.29. The smallest absolute Gasteiger partial charge is 0.414 e. The summed E-state index contributed by atoms with van der Waals surface area (Å²) in [7, 11) is -1.69. The van der Waals surface area contributed by atoms with Gasteiger partial charge in [-0.3, -0.25) is 9.58 Å². The predicted molar refractivity (Wildman–Crippen MR) is 129 cm³/mol.